The van der Waals surface area contributed by atoms with E-state index < -0.39 is 39.7 Å². The van der Waals surface area contributed by atoms with E-state index in [-0.39, 0.29) is 13.0 Å². The first-order valence-electron chi connectivity index (χ1n) is 5.08. The van der Waals surface area contributed by atoms with Crippen LogP contribution in [0.3, 0.4) is 0 Å². The first-order valence-corrected chi connectivity index (χ1v) is 6.69. The highest BCUT2D eigenvalue weighted by molar-refractivity contribution is 7.89. The number of methoxy groups -OCH3 is 1. The van der Waals surface area contributed by atoms with Crippen molar-refractivity contribution in [1.29, 1.82) is 0 Å². The summed E-state index contributed by atoms with van der Waals surface area (Å²) in [6.45, 7) is 1.65. The Kier molecular flexibility index (Phi) is 4.10. The third-order valence-electron chi connectivity index (χ3n) is 2.90. The van der Waals surface area contributed by atoms with Gasteiger partial charge in [-0.1, -0.05) is 0 Å². The Morgan fingerprint density at radius 3 is 2.47 bits per heavy atom. The van der Waals surface area contributed by atoms with E-state index in [0.717, 1.165) is 11.4 Å². The molecule has 17 heavy (non-hydrogen) atoms. The molecule has 0 radical (unpaired) electrons. The molecule has 0 saturated carbocycles. The van der Waals surface area contributed by atoms with Crippen molar-refractivity contribution in [1.82, 2.24) is 4.31 Å². The number of carboxylic acid groups (broad SMARTS) is 1. The average molecular weight is 265 g/mol. The van der Waals surface area contributed by atoms with E-state index in [1.54, 1.807) is 0 Å². The summed E-state index contributed by atoms with van der Waals surface area (Å²) >= 11 is 0. The van der Waals surface area contributed by atoms with Crippen LogP contribution in [-0.2, 0) is 24.3 Å². The molecule has 2 atom stereocenters. The minimum absolute atomic E-state index is 0.122. The highest BCUT2D eigenvalue weighted by Crippen LogP contribution is 2.27. The van der Waals surface area contributed by atoms with Gasteiger partial charge in [0.2, 0.25) is 10.0 Å². The average Bonchev–Trinajstić information content (AvgIpc) is 2.59. The maximum atomic E-state index is 11.8. The van der Waals surface area contributed by atoms with Crippen molar-refractivity contribution in [2.24, 2.45) is 5.92 Å². The van der Waals surface area contributed by atoms with Gasteiger partial charge < -0.3 is 9.84 Å². The van der Waals surface area contributed by atoms with Gasteiger partial charge in [-0.25, -0.2) is 8.42 Å². The van der Waals surface area contributed by atoms with Crippen LogP contribution in [0, 0.1) is 5.92 Å². The quantitative estimate of drug-likeness (QED) is 0.673. The summed E-state index contributed by atoms with van der Waals surface area (Å²) in [5.41, 5.74) is 0. The van der Waals surface area contributed by atoms with Crippen LogP contribution in [0.1, 0.15) is 13.3 Å². The van der Waals surface area contributed by atoms with Crippen molar-refractivity contribution >= 4 is 22.0 Å². The predicted molar refractivity (Wildman–Crippen MR) is 57.7 cm³/mol. The summed E-state index contributed by atoms with van der Waals surface area (Å²) in [5.74, 6) is -3.34. The molecule has 0 bridgehead atoms. The number of hydrogen-bond acceptors (Lipinski definition) is 5. The van der Waals surface area contributed by atoms with Gasteiger partial charge in [0.05, 0.1) is 13.0 Å². The molecule has 1 N–H and O–H groups in total. The summed E-state index contributed by atoms with van der Waals surface area (Å²) in [4.78, 5) is 21.8. The maximum Gasteiger partial charge on any atom is 0.322 e. The Morgan fingerprint density at radius 2 is 2.06 bits per heavy atom. The number of hydrogen-bond donors (Lipinski definition) is 1. The third kappa shape index (κ3) is 2.95. The van der Waals surface area contributed by atoms with E-state index in [1.165, 1.54) is 6.92 Å². The summed E-state index contributed by atoms with van der Waals surface area (Å²) in [6, 6.07) is -0.637. The van der Waals surface area contributed by atoms with Gasteiger partial charge in [0.15, 0.2) is 5.75 Å². The summed E-state index contributed by atoms with van der Waals surface area (Å²) in [6.07, 6.45) is 0.261. The lowest BCUT2D eigenvalue weighted by Crippen LogP contribution is -2.40. The SMILES string of the molecule is COC(=O)CS(=O)(=O)N1CCC(C(=O)O)C1C. The van der Waals surface area contributed by atoms with E-state index in [4.69, 9.17) is 5.11 Å². The number of carboxylic acids is 1. The second-order valence-corrected chi connectivity index (χ2v) is 5.84. The largest absolute Gasteiger partial charge is 0.481 e. The van der Waals surface area contributed by atoms with Gasteiger partial charge in [0, 0.05) is 12.6 Å². The molecule has 98 valence electrons. The molecule has 0 aromatic rings. The molecule has 1 aliphatic rings. The van der Waals surface area contributed by atoms with Gasteiger partial charge in [-0.2, -0.15) is 4.31 Å². The normalized spacial score (nSPS) is 25.8. The Balaban J connectivity index is 2.81. The zero-order valence-corrected chi connectivity index (χ0v) is 10.4. The highest BCUT2D eigenvalue weighted by atomic mass is 32.2. The molecule has 0 aromatic heterocycles. The van der Waals surface area contributed by atoms with E-state index >= 15 is 0 Å². The van der Waals surface area contributed by atoms with E-state index in [1.807, 2.05) is 0 Å². The second kappa shape index (κ2) is 5.01. The van der Waals surface area contributed by atoms with Crippen molar-refractivity contribution in [3.8, 4) is 0 Å². The standard InChI is InChI=1S/C9H15NO6S/c1-6-7(9(12)13)3-4-10(6)17(14,15)5-8(11)16-2/h6-7H,3-5H2,1-2H3,(H,12,13). The molecule has 7 nitrogen and oxygen atoms in total. The molecule has 8 heteroatoms. The summed E-state index contributed by atoms with van der Waals surface area (Å²) in [7, 11) is -2.69. The van der Waals surface area contributed by atoms with Crippen LogP contribution in [0.15, 0.2) is 0 Å². The number of carbonyl (C=O) groups is 2. The number of aliphatic carboxylic acids is 1. The van der Waals surface area contributed by atoms with Gasteiger partial charge in [-0.15, -0.1) is 0 Å². The minimum atomic E-state index is -3.79. The Bertz CT molecular complexity index is 417. The molecule has 1 aliphatic heterocycles. The molecule has 0 aromatic carbocycles. The van der Waals surface area contributed by atoms with E-state index in [9.17, 15) is 18.0 Å². The topological polar surface area (TPSA) is 101 Å². The molecule has 1 fully saturated rings. The maximum absolute atomic E-state index is 11.8. The number of ether oxygens (including phenoxy) is 1. The van der Waals surface area contributed by atoms with Gasteiger partial charge in [0.25, 0.3) is 0 Å². The molecule has 1 rings (SSSR count). The fourth-order valence-electron chi connectivity index (χ4n) is 1.92. The smallest absolute Gasteiger partial charge is 0.322 e. The Morgan fingerprint density at radius 1 is 1.47 bits per heavy atom. The fraction of sp³-hybridized carbons (Fsp3) is 0.778. The number of sulfonamides is 1. The summed E-state index contributed by atoms with van der Waals surface area (Å²) in [5, 5.41) is 8.88. The molecule has 2 unspecified atom stereocenters. The molecular formula is C9H15NO6S. The van der Waals surface area contributed by atoms with Crippen LogP contribution in [0.4, 0.5) is 0 Å². The number of nitrogens with zero attached hydrogens (tertiary/aromatic N) is 1. The molecule has 0 amide bonds. The second-order valence-electron chi connectivity index (χ2n) is 3.92. The first kappa shape index (κ1) is 13.9. The third-order valence-corrected chi connectivity index (χ3v) is 4.73. The van der Waals surface area contributed by atoms with E-state index in [2.05, 4.69) is 4.74 Å². The van der Waals surface area contributed by atoms with Gasteiger partial charge >= 0.3 is 11.9 Å². The van der Waals surface area contributed by atoms with Gasteiger partial charge in [-0.3, -0.25) is 9.59 Å². The number of esters is 1. The fourth-order valence-corrected chi connectivity index (χ4v) is 3.54. The summed E-state index contributed by atoms with van der Waals surface area (Å²) < 4.78 is 29.0. The molecule has 0 spiro atoms. The molecular weight excluding hydrogens is 250 g/mol. The molecule has 1 saturated heterocycles. The lowest BCUT2D eigenvalue weighted by Gasteiger charge is -2.21. The van der Waals surface area contributed by atoms with Crippen molar-refractivity contribution < 1.29 is 27.9 Å². The van der Waals surface area contributed by atoms with Crippen molar-refractivity contribution in [2.45, 2.75) is 19.4 Å². The van der Waals surface area contributed by atoms with Crippen LogP contribution in [0.25, 0.3) is 0 Å². The minimum Gasteiger partial charge on any atom is -0.481 e. The monoisotopic (exact) mass is 265 g/mol. The lowest BCUT2D eigenvalue weighted by atomic mass is 10.0. The van der Waals surface area contributed by atoms with E-state index in [0.29, 0.717) is 0 Å². The van der Waals surface area contributed by atoms with Gasteiger partial charge in [0.1, 0.15) is 0 Å². The van der Waals surface area contributed by atoms with Crippen LogP contribution in [0.5, 0.6) is 0 Å². The zero-order chi connectivity index (χ0) is 13.2. The first-order chi connectivity index (χ1) is 7.79. The van der Waals surface area contributed by atoms with Crippen molar-refractivity contribution in [2.75, 3.05) is 19.4 Å². The molecule has 0 aliphatic carbocycles. The number of carbonyl (C=O) groups excluding carboxylic acids is 1. The highest BCUT2D eigenvalue weighted by Gasteiger charge is 2.42. The van der Waals surface area contributed by atoms with Gasteiger partial charge in [-0.05, 0) is 13.3 Å². The van der Waals surface area contributed by atoms with Crippen LogP contribution < -0.4 is 0 Å². The van der Waals surface area contributed by atoms with Crippen LogP contribution in [-0.4, -0.2) is 55.2 Å². The van der Waals surface area contributed by atoms with Crippen molar-refractivity contribution in [3.05, 3.63) is 0 Å². The zero-order valence-electron chi connectivity index (χ0n) is 9.62. The van der Waals surface area contributed by atoms with Crippen molar-refractivity contribution in [3.63, 3.8) is 0 Å². The van der Waals surface area contributed by atoms with Crippen LogP contribution in [0.2, 0.25) is 0 Å². The Labute approximate surface area is 99.4 Å². The van der Waals surface area contributed by atoms with Crippen LogP contribution >= 0.6 is 0 Å². The lowest BCUT2D eigenvalue weighted by molar-refractivity contribution is -0.142. The Hall–Kier alpha value is -1.15. The molecule has 1 heterocycles. The predicted octanol–water partition coefficient (Wildman–Crippen LogP) is -0.716. The number of rotatable bonds is 4.